The molecule has 0 heterocycles. The van der Waals surface area contributed by atoms with Gasteiger partial charge in [-0.05, 0) is 54.8 Å². The van der Waals surface area contributed by atoms with Crippen LogP contribution in [0.3, 0.4) is 0 Å². The van der Waals surface area contributed by atoms with Gasteiger partial charge in [-0.25, -0.2) is 8.42 Å². The zero-order valence-electron chi connectivity index (χ0n) is 15.6. The molecule has 0 aliphatic carbocycles. The Morgan fingerprint density at radius 1 is 0.964 bits per heavy atom. The standard InChI is InChI=1S/C19H23N3O4S2/c1-14(23)20-15-8-10-16(11-9-15)21-19(24)18(12-13-27-2)22-28(25,26)17-6-4-3-5-7-17/h3-11,18,22H,12-13H2,1-2H3,(H,20,23)(H,21,24)/t18-/m1/s1. The first kappa shape index (κ1) is 21.9. The second-order valence-electron chi connectivity index (χ2n) is 6.02. The lowest BCUT2D eigenvalue weighted by Crippen LogP contribution is -2.44. The van der Waals surface area contributed by atoms with Crippen LogP contribution in [-0.4, -0.2) is 38.3 Å². The zero-order valence-corrected chi connectivity index (χ0v) is 17.3. The van der Waals surface area contributed by atoms with Crippen LogP contribution in [0.4, 0.5) is 11.4 Å². The SMILES string of the molecule is CSCC[C@@H](NS(=O)(=O)c1ccccc1)C(=O)Nc1ccc(NC(C)=O)cc1. The smallest absolute Gasteiger partial charge is 0.242 e. The Morgan fingerprint density at radius 2 is 1.54 bits per heavy atom. The Balaban J connectivity index is 2.11. The predicted molar refractivity (Wildman–Crippen MR) is 113 cm³/mol. The fourth-order valence-electron chi connectivity index (χ4n) is 2.40. The molecule has 0 spiro atoms. The number of carbonyl (C=O) groups is 2. The number of carbonyl (C=O) groups excluding carboxylic acids is 2. The third kappa shape index (κ3) is 6.66. The third-order valence-corrected chi connectivity index (χ3v) is 5.88. The molecule has 2 aromatic rings. The molecule has 2 aromatic carbocycles. The van der Waals surface area contributed by atoms with Crippen molar-refractivity contribution < 1.29 is 18.0 Å². The number of rotatable bonds is 9. The molecule has 9 heteroatoms. The highest BCUT2D eigenvalue weighted by molar-refractivity contribution is 7.98. The van der Waals surface area contributed by atoms with Crippen LogP contribution in [0.5, 0.6) is 0 Å². The van der Waals surface area contributed by atoms with Gasteiger partial charge in [0.15, 0.2) is 0 Å². The van der Waals surface area contributed by atoms with E-state index in [0.717, 1.165) is 0 Å². The number of anilines is 2. The van der Waals surface area contributed by atoms with Crippen molar-refractivity contribution in [2.75, 3.05) is 22.6 Å². The van der Waals surface area contributed by atoms with E-state index in [2.05, 4.69) is 15.4 Å². The zero-order chi connectivity index (χ0) is 20.6. The summed E-state index contributed by atoms with van der Waals surface area (Å²) in [6, 6.07) is 13.6. The van der Waals surface area contributed by atoms with E-state index in [1.165, 1.54) is 30.8 Å². The first-order valence-corrected chi connectivity index (χ1v) is 11.4. The third-order valence-electron chi connectivity index (χ3n) is 3.75. The van der Waals surface area contributed by atoms with Crippen molar-refractivity contribution in [2.45, 2.75) is 24.3 Å². The minimum Gasteiger partial charge on any atom is -0.326 e. The van der Waals surface area contributed by atoms with Crippen molar-refractivity contribution >= 4 is 45.0 Å². The van der Waals surface area contributed by atoms with Gasteiger partial charge in [0.25, 0.3) is 0 Å². The summed E-state index contributed by atoms with van der Waals surface area (Å²) in [6.45, 7) is 1.41. The van der Waals surface area contributed by atoms with Crippen molar-refractivity contribution in [3.63, 3.8) is 0 Å². The van der Waals surface area contributed by atoms with Crippen LogP contribution in [0.15, 0.2) is 59.5 Å². The van der Waals surface area contributed by atoms with E-state index in [1.54, 1.807) is 42.5 Å². The summed E-state index contributed by atoms with van der Waals surface area (Å²) in [4.78, 5) is 23.8. The van der Waals surface area contributed by atoms with Crippen LogP contribution in [0.1, 0.15) is 13.3 Å². The van der Waals surface area contributed by atoms with Crippen LogP contribution in [0, 0.1) is 0 Å². The maximum atomic E-state index is 12.7. The Hall–Kier alpha value is -2.36. The molecule has 0 fully saturated rings. The van der Waals surface area contributed by atoms with Crippen LogP contribution < -0.4 is 15.4 Å². The molecule has 3 N–H and O–H groups in total. The molecular weight excluding hydrogens is 398 g/mol. The van der Waals surface area contributed by atoms with Gasteiger partial charge in [-0.3, -0.25) is 9.59 Å². The Labute approximate surface area is 169 Å². The molecule has 0 bridgehead atoms. The van der Waals surface area contributed by atoms with Crippen molar-refractivity contribution in [3.8, 4) is 0 Å². The number of hydrogen-bond acceptors (Lipinski definition) is 5. The highest BCUT2D eigenvalue weighted by atomic mass is 32.2. The summed E-state index contributed by atoms with van der Waals surface area (Å²) in [5, 5.41) is 5.36. The van der Waals surface area contributed by atoms with Gasteiger partial charge >= 0.3 is 0 Å². The van der Waals surface area contributed by atoms with Crippen LogP contribution in [0.2, 0.25) is 0 Å². The Bertz CT molecular complexity index is 901. The normalized spacial score (nSPS) is 12.2. The molecule has 0 saturated heterocycles. The molecule has 28 heavy (non-hydrogen) atoms. The first-order valence-electron chi connectivity index (χ1n) is 8.56. The monoisotopic (exact) mass is 421 g/mol. The molecule has 0 aliphatic heterocycles. The van der Waals surface area contributed by atoms with E-state index >= 15 is 0 Å². The quantitative estimate of drug-likeness (QED) is 0.577. The average Bonchev–Trinajstić information content (AvgIpc) is 2.67. The molecule has 150 valence electrons. The summed E-state index contributed by atoms with van der Waals surface area (Å²) in [6.07, 6.45) is 2.24. The lowest BCUT2D eigenvalue weighted by Gasteiger charge is -2.18. The van der Waals surface area contributed by atoms with Crippen LogP contribution in [-0.2, 0) is 19.6 Å². The number of hydrogen-bond donors (Lipinski definition) is 3. The second kappa shape index (κ2) is 10.3. The molecule has 2 amide bonds. The lowest BCUT2D eigenvalue weighted by atomic mass is 10.2. The van der Waals surface area contributed by atoms with E-state index in [-0.39, 0.29) is 10.8 Å². The minimum atomic E-state index is -3.81. The topological polar surface area (TPSA) is 104 Å². The molecule has 0 saturated carbocycles. The minimum absolute atomic E-state index is 0.108. The van der Waals surface area contributed by atoms with Crippen molar-refractivity contribution in [1.82, 2.24) is 4.72 Å². The van der Waals surface area contributed by atoms with E-state index in [0.29, 0.717) is 23.5 Å². The second-order valence-corrected chi connectivity index (χ2v) is 8.72. The van der Waals surface area contributed by atoms with Gasteiger partial charge in [-0.15, -0.1) is 0 Å². The maximum absolute atomic E-state index is 12.7. The van der Waals surface area contributed by atoms with E-state index in [9.17, 15) is 18.0 Å². The molecule has 2 rings (SSSR count). The maximum Gasteiger partial charge on any atom is 0.242 e. The van der Waals surface area contributed by atoms with E-state index in [4.69, 9.17) is 0 Å². The number of sulfonamides is 1. The summed E-state index contributed by atoms with van der Waals surface area (Å²) < 4.78 is 27.6. The molecule has 0 unspecified atom stereocenters. The molecular formula is C19H23N3O4S2. The lowest BCUT2D eigenvalue weighted by molar-refractivity contribution is -0.117. The Kier molecular flexibility index (Phi) is 8.04. The number of thioether (sulfide) groups is 1. The largest absolute Gasteiger partial charge is 0.326 e. The van der Waals surface area contributed by atoms with Gasteiger partial charge in [0.05, 0.1) is 4.90 Å². The van der Waals surface area contributed by atoms with Crippen molar-refractivity contribution in [2.24, 2.45) is 0 Å². The molecule has 0 aromatic heterocycles. The summed E-state index contributed by atoms with van der Waals surface area (Å²) in [5.41, 5.74) is 1.11. The summed E-state index contributed by atoms with van der Waals surface area (Å²) in [7, 11) is -3.81. The summed E-state index contributed by atoms with van der Waals surface area (Å²) in [5.74, 6) is -0.0123. The molecule has 1 atom stereocenters. The average molecular weight is 422 g/mol. The van der Waals surface area contributed by atoms with Gasteiger partial charge in [0, 0.05) is 18.3 Å². The fourth-order valence-corrected chi connectivity index (χ4v) is 4.13. The van der Waals surface area contributed by atoms with Gasteiger partial charge in [-0.2, -0.15) is 16.5 Å². The highest BCUT2D eigenvalue weighted by Crippen LogP contribution is 2.16. The first-order chi connectivity index (χ1) is 13.3. The molecule has 0 radical (unpaired) electrons. The van der Waals surface area contributed by atoms with Gasteiger partial charge < -0.3 is 10.6 Å². The van der Waals surface area contributed by atoms with Crippen molar-refractivity contribution in [3.05, 3.63) is 54.6 Å². The number of amides is 2. The van der Waals surface area contributed by atoms with Gasteiger partial charge in [0.2, 0.25) is 21.8 Å². The predicted octanol–water partition coefficient (Wildman–Crippen LogP) is 2.68. The van der Waals surface area contributed by atoms with Gasteiger partial charge in [0.1, 0.15) is 6.04 Å². The van der Waals surface area contributed by atoms with E-state index < -0.39 is 22.0 Å². The number of benzene rings is 2. The molecule has 0 aliphatic rings. The van der Waals surface area contributed by atoms with Crippen molar-refractivity contribution in [1.29, 1.82) is 0 Å². The Morgan fingerprint density at radius 3 is 2.07 bits per heavy atom. The van der Waals surface area contributed by atoms with E-state index in [1.807, 2.05) is 6.26 Å². The fraction of sp³-hybridized carbons (Fsp3) is 0.263. The van der Waals surface area contributed by atoms with Gasteiger partial charge in [-0.1, -0.05) is 18.2 Å². The molecule has 7 nitrogen and oxygen atoms in total. The van der Waals surface area contributed by atoms with Crippen LogP contribution in [0.25, 0.3) is 0 Å². The van der Waals surface area contributed by atoms with Crippen LogP contribution >= 0.6 is 11.8 Å². The highest BCUT2D eigenvalue weighted by Gasteiger charge is 2.25. The summed E-state index contributed by atoms with van der Waals surface area (Å²) >= 11 is 1.53. The number of nitrogens with one attached hydrogen (secondary N) is 3.